The summed E-state index contributed by atoms with van der Waals surface area (Å²) < 4.78 is 10.9. The normalized spacial score (nSPS) is 16.9. The third kappa shape index (κ3) is 2.87. The van der Waals surface area contributed by atoms with Crippen molar-refractivity contribution in [2.24, 2.45) is 0 Å². The van der Waals surface area contributed by atoms with Crippen molar-refractivity contribution < 1.29 is 13.9 Å². The van der Waals surface area contributed by atoms with E-state index in [1.54, 1.807) is 0 Å². The zero-order valence-corrected chi connectivity index (χ0v) is 13.3. The number of carbonyl (C=O) groups is 1. The Labute approximate surface area is 130 Å². The number of amides is 1. The van der Waals surface area contributed by atoms with Gasteiger partial charge in [0.05, 0.1) is 18.8 Å². The minimum atomic E-state index is -0.564. The first-order valence-electron chi connectivity index (χ1n) is 7.61. The van der Waals surface area contributed by atoms with Crippen LogP contribution in [0.2, 0.25) is 0 Å². The maximum absolute atomic E-state index is 12.7. The molecule has 0 saturated carbocycles. The van der Waals surface area contributed by atoms with Crippen molar-refractivity contribution in [3.63, 3.8) is 0 Å². The zero-order chi connectivity index (χ0) is 15.7. The van der Waals surface area contributed by atoms with Gasteiger partial charge in [0.25, 0.3) is 0 Å². The van der Waals surface area contributed by atoms with Crippen molar-refractivity contribution in [1.82, 2.24) is 4.90 Å². The van der Waals surface area contributed by atoms with Gasteiger partial charge in [-0.2, -0.15) is 0 Å². The lowest BCUT2D eigenvalue weighted by molar-refractivity contribution is -0.129. The summed E-state index contributed by atoms with van der Waals surface area (Å²) in [7, 11) is 0. The lowest BCUT2D eigenvalue weighted by Gasteiger charge is -2.39. The second-order valence-corrected chi connectivity index (χ2v) is 6.22. The molecule has 2 heterocycles. The second-order valence-electron chi connectivity index (χ2n) is 6.22. The lowest BCUT2D eigenvalue weighted by atomic mass is 10.0. The fraction of sp³-hybridized carbons (Fsp3) is 0.471. The van der Waals surface area contributed by atoms with E-state index in [-0.39, 0.29) is 5.91 Å². The highest BCUT2D eigenvalue weighted by atomic mass is 16.5. The molecule has 2 aromatic rings. The van der Waals surface area contributed by atoms with Gasteiger partial charge in [-0.05, 0) is 45.0 Å². The zero-order valence-electron chi connectivity index (χ0n) is 13.3. The summed E-state index contributed by atoms with van der Waals surface area (Å²) in [5.74, 6) is 0.862. The number of rotatable bonds is 3. The summed E-state index contributed by atoms with van der Waals surface area (Å²) >= 11 is 0. The Morgan fingerprint density at radius 1 is 1.23 bits per heavy atom. The average molecular weight is 302 g/mol. The number of hydrogen-bond donors (Lipinski definition) is 1. The summed E-state index contributed by atoms with van der Waals surface area (Å²) in [5.41, 5.74) is 1.06. The van der Waals surface area contributed by atoms with Gasteiger partial charge in [-0.3, -0.25) is 9.69 Å². The van der Waals surface area contributed by atoms with E-state index < -0.39 is 5.54 Å². The Hall–Kier alpha value is -1.85. The number of hydrogen-bond acceptors (Lipinski definition) is 4. The molecule has 1 aromatic carbocycles. The molecule has 22 heavy (non-hydrogen) atoms. The summed E-state index contributed by atoms with van der Waals surface area (Å²) in [4.78, 5) is 14.8. The first kappa shape index (κ1) is 15.1. The molecule has 1 aliphatic rings. The Morgan fingerprint density at radius 2 is 1.95 bits per heavy atom. The van der Waals surface area contributed by atoms with E-state index in [1.165, 1.54) is 0 Å². The third-order valence-electron chi connectivity index (χ3n) is 4.25. The van der Waals surface area contributed by atoms with E-state index in [1.807, 2.05) is 45.0 Å². The molecule has 118 valence electrons. The molecule has 1 aromatic heterocycles. The summed E-state index contributed by atoms with van der Waals surface area (Å²) in [6.07, 6.45) is 0. The predicted molar refractivity (Wildman–Crippen MR) is 86.1 cm³/mol. The molecule has 1 amide bonds. The molecular formula is C17H22N2O3. The first-order chi connectivity index (χ1) is 10.5. The standard InChI is InChI=1S/C17H22N2O3/c1-12-10-13-11-14(4-5-15(13)22-12)18-16(20)17(2,3)19-6-8-21-9-7-19/h4-5,10-11H,6-9H2,1-3H3,(H,18,20). The Kier molecular flexibility index (Phi) is 3.93. The predicted octanol–water partition coefficient (Wildman–Crippen LogP) is 2.79. The molecule has 0 aliphatic carbocycles. The van der Waals surface area contributed by atoms with Crippen molar-refractivity contribution in [1.29, 1.82) is 0 Å². The monoisotopic (exact) mass is 302 g/mol. The quantitative estimate of drug-likeness (QED) is 0.947. The number of fused-ring (bicyclic) bond motifs is 1. The fourth-order valence-corrected chi connectivity index (χ4v) is 2.80. The van der Waals surface area contributed by atoms with Crippen molar-refractivity contribution in [2.45, 2.75) is 26.3 Å². The highest BCUT2D eigenvalue weighted by molar-refractivity contribution is 5.99. The van der Waals surface area contributed by atoms with E-state index in [0.717, 1.165) is 35.5 Å². The van der Waals surface area contributed by atoms with Crippen LogP contribution in [-0.2, 0) is 9.53 Å². The van der Waals surface area contributed by atoms with Crippen molar-refractivity contribution in [2.75, 3.05) is 31.6 Å². The largest absolute Gasteiger partial charge is 0.461 e. The second kappa shape index (κ2) is 5.74. The van der Waals surface area contributed by atoms with Gasteiger partial charge in [0, 0.05) is 24.2 Å². The number of nitrogens with zero attached hydrogens (tertiary/aromatic N) is 1. The highest BCUT2D eigenvalue weighted by Gasteiger charge is 2.35. The van der Waals surface area contributed by atoms with Gasteiger partial charge in [0.15, 0.2) is 0 Å². The molecule has 5 heteroatoms. The van der Waals surface area contributed by atoms with Crippen LogP contribution in [0.15, 0.2) is 28.7 Å². The Bertz CT molecular complexity index is 684. The lowest BCUT2D eigenvalue weighted by Crippen LogP contribution is -2.56. The molecule has 0 radical (unpaired) electrons. The summed E-state index contributed by atoms with van der Waals surface area (Å²) in [5, 5.41) is 4.02. The van der Waals surface area contributed by atoms with Crippen molar-refractivity contribution in [3.05, 3.63) is 30.0 Å². The SMILES string of the molecule is Cc1cc2cc(NC(=O)C(C)(C)N3CCOCC3)ccc2o1. The molecule has 3 rings (SSSR count). The van der Waals surface area contributed by atoms with Crippen LogP contribution in [-0.4, -0.2) is 42.6 Å². The molecule has 5 nitrogen and oxygen atoms in total. The number of anilines is 1. The van der Waals surface area contributed by atoms with Gasteiger partial charge >= 0.3 is 0 Å². The summed E-state index contributed by atoms with van der Waals surface area (Å²) in [6.45, 7) is 8.73. The minimum absolute atomic E-state index is 0.00559. The minimum Gasteiger partial charge on any atom is -0.461 e. The molecule has 0 unspecified atom stereocenters. The maximum Gasteiger partial charge on any atom is 0.244 e. The van der Waals surface area contributed by atoms with E-state index in [9.17, 15) is 4.79 Å². The van der Waals surface area contributed by atoms with Crippen molar-refractivity contribution in [3.8, 4) is 0 Å². The van der Waals surface area contributed by atoms with Crippen LogP contribution in [0.3, 0.4) is 0 Å². The van der Waals surface area contributed by atoms with Gasteiger partial charge in [-0.25, -0.2) is 0 Å². The van der Waals surface area contributed by atoms with E-state index >= 15 is 0 Å². The van der Waals surface area contributed by atoms with Crippen LogP contribution < -0.4 is 5.32 Å². The van der Waals surface area contributed by atoms with Crippen LogP contribution >= 0.6 is 0 Å². The van der Waals surface area contributed by atoms with Crippen molar-refractivity contribution >= 4 is 22.6 Å². The third-order valence-corrected chi connectivity index (χ3v) is 4.25. The van der Waals surface area contributed by atoms with E-state index in [2.05, 4.69) is 10.2 Å². The molecule has 1 aliphatic heterocycles. The van der Waals surface area contributed by atoms with E-state index in [0.29, 0.717) is 13.2 Å². The fourth-order valence-electron chi connectivity index (χ4n) is 2.80. The van der Waals surface area contributed by atoms with Gasteiger partial charge in [-0.15, -0.1) is 0 Å². The first-order valence-corrected chi connectivity index (χ1v) is 7.61. The molecule has 0 atom stereocenters. The van der Waals surface area contributed by atoms with Crippen LogP contribution in [0, 0.1) is 6.92 Å². The van der Waals surface area contributed by atoms with Gasteiger partial charge in [-0.1, -0.05) is 0 Å². The summed E-state index contributed by atoms with van der Waals surface area (Å²) in [6, 6.07) is 7.68. The number of benzene rings is 1. The van der Waals surface area contributed by atoms with Crippen LogP contribution in [0.4, 0.5) is 5.69 Å². The Balaban J connectivity index is 1.76. The molecular weight excluding hydrogens is 280 g/mol. The van der Waals surface area contributed by atoms with Crippen LogP contribution in [0.5, 0.6) is 0 Å². The molecule has 0 bridgehead atoms. The molecule has 0 spiro atoms. The number of morpholine rings is 1. The van der Waals surface area contributed by atoms with Gasteiger partial charge in [0.2, 0.25) is 5.91 Å². The average Bonchev–Trinajstić information content (AvgIpc) is 2.87. The molecule has 1 fully saturated rings. The molecule has 1 N–H and O–H groups in total. The smallest absolute Gasteiger partial charge is 0.244 e. The molecule has 1 saturated heterocycles. The topological polar surface area (TPSA) is 54.7 Å². The van der Waals surface area contributed by atoms with Crippen LogP contribution in [0.1, 0.15) is 19.6 Å². The van der Waals surface area contributed by atoms with E-state index in [4.69, 9.17) is 9.15 Å². The Morgan fingerprint density at radius 3 is 2.68 bits per heavy atom. The number of carbonyl (C=O) groups excluding carboxylic acids is 1. The van der Waals surface area contributed by atoms with Gasteiger partial charge < -0.3 is 14.5 Å². The van der Waals surface area contributed by atoms with Gasteiger partial charge in [0.1, 0.15) is 11.3 Å². The number of nitrogens with one attached hydrogen (secondary N) is 1. The maximum atomic E-state index is 12.7. The number of aryl methyl sites for hydroxylation is 1. The number of ether oxygens (including phenoxy) is 1. The van der Waals surface area contributed by atoms with Crippen LogP contribution in [0.25, 0.3) is 11.0 Å². The number of furan rings is 1. The highest BCUT2D eigenvalue weighted by Crippen LogP contribution is 2.24.